The van der Waals surface area contributed by atoms with Gasteiger partial charge in [-0.3, -0.25) is 0 Å². The second-order valence-corrected chi connectivity index (χ2v) is 4.11. The van der Waals surface area contributed by atoms with Gasteiger partial charge in [-0.1, -0.05) is 6.07 Å². The lowest BCUT2D eigenvalue weighted by Gasteiger charge is -2.10. The van der Waals surface area contributed by atoms with Crippen molar-refractivity contribution in [1.29, 1.82) is 0 Å². The molecule has 2 N–H and O–H groups in total. The largest absolute Gasteiger partial charge is 0.478 e. The zero-order valence-electron chi connectivity index (χ0n) is 10.1. The molecule has 0 atom stereocenters. The molecular weight excluding hydrogens is 218 g/mol. The Morgan fingerprint density at radius 2 is 2.24 bits per heavy atom. The van der Waals surface area contributed by atoms with Gasteiger partial charge in [-0.25, -0.2) is 0 Å². The summed E-state index contributed by atoms with van der Waals surface area (Å²) in [6, 6.07) is 5.58. The van der Waals surface area contributed by atoms with Gasteiger partial charge in [-0.05, 0) is 26.6 Å². The average Bonchev–Trinajstić information content (AvgIpc) is 2.65. The number of hydrogen-bond donors (Lipinski definition) is 1. The van der Waals surface area contributed by atoms with Crippen molar-refractivity contribution in [3.05, 3.63) is 18.2 Å². The van der Waals surface area contributed by atoms with Crippen molar-refractivity contribution < 1.29 is 4.74 Å². The van der Waals surface area contributed by atoms with E-state index >= 15 is 0 Å². The average molecular weight is 235 g/mol. The summed E-state index contributed by atoms with van der Waals surface area (Å²) in [4.78, 5) is 6.19. The fourth-order valence-corrected chi connectivity index (χ4v) is 1.56. The lowest BCUT2D eigenvalue weighted by atomic mass is 10.4. The van der Waals surface area contributed by atoms with Crippen LogP contribution < -0.4 is 10.5 Å². The van der Waals surface area contributed by atoms with Crippen LogP contribution in [0.1, 0.15) is 6.42 Å². The van der Waals surface area contributed by atoms with E-state index in [2.05, 4.69) is 15.0 Å². The van der Waals surface area contributed by atoms with Crippen molar-refractivity contribution in [2.75, 3.05) is 33.0 Å². The zero-order chi connectivity index (χ0) is 12.3. The monoisotopic (exact) mass is 235 g/mol. The summed E-state index contributed by atoms with van der Waals surface area (Å²) in [6.45, 7) is 1.65. The van der Waals surface area contributed by atoms with E-state index in [4.69, 9.17) is 10.5 Å². The van der Waals surface area contributed by atoms with Crippen LogP contribution in [0.4, 0.5) is 5.95 Å². The molecule has 0 saturated carbocycles. The van der Waals surface area contributed by atoms with Crippen molar-refractivity contribution in [3.63, 3.8) is 0 Å². The number of aromatic nitrogens is 3. The van der Waals surface area contributed by atoms with Crippen LogP contribution in [0.3, 0.4) is 0 Å². The van der Waals surface area contributed by atoms with Crippen LogP contribution in [0.2, 0.25) is 0 Å². The summed E-state index contributed by atoms with van der Waals surface area (Å²) < 4.78 is 7.28. The topological polar surface area (TPSA) is 68.7 Å². The number of nitrogens with two attached hydrogens (primary N) is 1. The highest BCUT2D eigenvalue weighted by molar-refractivity contribution is 5.44. The third-order valence-corrected chi connectivity index (χ3v) is 2.34. The maximum atomic E-state index is 5.66. The highest BCUT2D eigenvalue weighted by Gasteiger charge is 2.05. The predicted molar refractivity (Wildman–Crippen MR) is 66.1 cm³/mol. The van der Waals surface area contributed by atoms with Crippen molar-refractivity contribution in [2.24, 2.45) is 0 Å². The highest BCUT2D eigenvalue weighted by Crippen LogP contribution is 2.13. The number of rotatable bonds is 5. The van der Waals surface area contributed by atoms with Gasteiger partial charge in [0.2, 0.25) is 11.8 Å². The summed E-state index contributed by atoms with van der Waals surface area (Å²) >= 11 is 0. The fraction of sp³-hybridized carbons (Fsp3) is 0.455. The number of nitrogens with zero attached hydrogens (tertiary/aromatic N) is 4. The standard InChI is InChI=1S/C11H17N5O/c1-15(2)7-4-8-17-10-6-3-5-9-13-11(12)14-16(9)10/h3,5-6H,4,7-8H2,1-2H3,(H2,12,14). The Hall–Kier alpha value is -1.82. The SMILES string of the molecule is CN(C)CCCOc1cccc2nc(N)nn12. The summed E-state index contributed by atoms with van der Waals surface area (Å²) in [5.41, 5.74) is 6.25. The van der Waals surface area contributed by atoms with Crippen molar-refractivity contribution in [2.45, 2.75) is 6.42 Å². The minimum Gasteiger partial charge on any atom is -0.478 e. The number of ether oxygens (including phenoxy) is 1. The Kier molecular flexibility index (Phi) is 3.43. The van der Waals surface area contributed by atoms with E-state index < -0.39 is 0 Å². The first-order valence-electron chi connectivity index (χ1n) is 5.55. The van der Waals surface area contributed by atoms with Crippen LogP contribution in [0.5, 0.6) is 5.88 Å². The number of hydrogen-bond acceptors (Lipinski definition) is 5. The van der Waals surface area contributed by atoms with Crippen LogP contribution >= 0.6 is 0 Å². The van der Waals surface area contributed by atoms with E-state index in [-0.39, 0.29) is 5.95 Å². The molecule has 0 radical (unpaired) electrons. The van der Waals surface area contributed by atoms with Gasteiger partial charge in [0.1, 0.15) is 0 Å². The molecule has 2 heterocycles. The van der Waals surface area contributed by atoms with Crippen LogP contribution in [-0.4, -0.2) is 46.7 Å². The van der Waals surface area contributed by atoms with Gasteiger partial charge < -0.3 is 15.4 Å². The third-order valence-electron chi connectivity index (χ3n) is 2.34. The second-order valence-electron chi connectivity index (χ2n) is 4.11. The van der Waals surface area contributed by atoms with Crippen molar-refractivity contribution >= 4 is 11.6 Å². The molecule has 17 heavy (non-hydrogen) atoms. The molecule has 2 rings (SSSR count). The summed E-state index contributed by atoms with van der Waals surface area (Å²) in [6.07, 6.45) is 0.966. The Balaban J connectivity index is 2.03. The molecule has 0 aliphatic carbocycles. The molecule has 0 bridgehead atoms. The number of pyridine rings is 1. The molecule has 0 saturated heterocycles. The maximum absolute atomic E-state index is 5.66. The van der Waals surface area contributed by atoms with Crippen LogP contribution in [0.15, 0.2) is 18.2 Å². The van der Waals surface area contributed by atoms with Gasteiger partial charge in [0.25, 0.3) is 0 Å². The summed E-state index contributed by atoms with van der Waals surface area (Å²) in [7, 11) is 4.08. The molecule has 0 amide bonds. The molecular formula is C11H17N5O. The maximum Gasteiger partial charge on any atom is 0.240 e. The van der Waals surface area contributed by atoms with Crippen molar-refractivity contribution in [3.8, 4) is 5.88 Å². The normalized spacial score (nSPS) is 11.2. The van der Waals surface area contributed by atoms with Crippen molar-refractivity contribution in [1.82, 2.24) is 19.5 Å². The molecule has 6 nitrogen and oxygen atoms in total. The Morgan fingerprint density at radius 1 is 1.41 bits per heavy atom. The Morgan fingerprint density at radius 3 is 3.00 bits per heavy atom. The fourth-order valence-electron chi connectivity index (χ4n) is 1.56. The summed E-state index contributed by atoms with van der Waals surface area (Å²) in [5.74, 6) is 0.930. The highest BCUT2D eigenvalue weighted by atomic mass is 16.5. The van der Waals surface area contributed by atoms with Gasteiger partial charge in [0, 0.05) is 12.6 Å². The molecule has 2 aromatic rings. The molecule has 0 fully saturated rings. The smallest absolute Gasteiger partial charge is 0.240 e. The summed E-state index contributed by atoms with van der Waals surface area (Å²) in [5, 5.41) is 4.07. The van der Waals surface area contributed by atoms with Gasteiger partial charge >= 0.3 is 0 Å². The van der Waals surface area contributed by atoms with Gasteiger partial charge in [0.15, 0.2) is 5.65 Å². The molecule has 6 heteroatoms. The van der Waals surface area contributed by atoms with E-state index in [0.717, 1.165) is 13.0 Å². The molecule has 0 aliphatic rings. The van der Waals surface area contributed by atoms with Gasteiger partial charge in [0.05, 0.1) is 6.61 Å². The van der Waals surface area contributed by atoms with Crippen LogP contribution in [-0.2, 0) is 0 Å². The zero-order valence-corrected chi connectivity index (χ0v) is 10.1. The van der Waals surface area contributed by atoms with Gasteiger partial charge in [-0.15, -0.1) is 5.10 Å². The van der Waals surface area contributed by atoms with E-state index in [1.165, 1.54) is 0 Å². The molecule has 0 aromatic carbocycles. The first kappa shape index (κ1) is 11.7. The van der Waals surface area contributed by atoms with E-state index in [1.807, 2.05) is 32.3 Å². The third kappa shape index (κ3) is 2.85. The predicted octanol–water partition coefficient (Wildman–Crippen LogP) is 0.642. The van der Waals surface area contributed by atoms with Crippen LogP contribution in [0.25, 0.3) is 5.65 Å². The molecule has 0 unspecified atom stereocenters. The van der Waals surface area contributed by atoms with E-state index in [1.54, 1.807) is 4.52 Å². The van der Waals surface area contributed by atoms with E-state index in [0.29, 0.717) is 18.1 Å². The lowest BCUT2D eigenvalue weighted by molar-refractivity contribution is 0.268. The molecule has 92 valence electrons. The quantitative estimate of drug-likeness (QED) is 0.770. The number of anilines is 1. The Bertz CT molecular complexity index is 494. The number of nitrogen functional groups attached to an aromatic ring is 1. The first-order chi connectivity index (χ1) is 8.16. The minimum absolute atomic E-state index is 0.259. The van der Waals surface area contributed by atoms with E-state index in [9.17, 15) is 0 Å². The molecule has 0 aliphatic heterocycles. The first-order valence-corrected chi connectivity index (χ1v) is 5.55. The van der Waals surface area contributed by atoms with Gasteiger partial charge in [-0.2, -0.15) is 9.50 Å². The molecule has 0 spiro atoms. The molecule has 2 aromatic heterocycles. The second kappa shape index (κ2) is 5.01. The number of fused-ring (bicyclic) bond motifs is 1. The lowest BCUT2D eigenvalue weighted by Crippen LogP contribution is -2.16. The van der Waals surface area contributed by atoms with Crippen LogP contribution in [0, 0.1) is 0 Å². The minimum atomic E-state index is 0.259. The Labute approximate surface area is 100.0 Å².